The third-order valence-electron chi connectivity index (χ3n) is 2.53. The van der Waals surface area contributed by atoms with Gasteiger partial charge in [-0.05, 0) is 13.0 Å². The monoisotopic (exact) mass is 253 g/mol. The van der Waals surface area contributed by atoms with Crippen molar-refractivity contribution < 1.29 is 9.84 Å². The maximum absolute atomic E-state index is 10.1. The first-order chi connectivity index (χ1) is 8.24. The Hall–Kier alpha value is -1.40. The molecule has 0 aliphatic heterocycles. The van der Waals surface area contributed by atoms with Gasteiger partial charge in [0.1, 0.15) is 17.9 Å². The van der Waals surface area contributed by atoms with E-state index in [1.165, 1.54) is 17.7 Å². The summed E-state index contributed by atoms with van der Waals surface area (Å²) in [4.78, 5) is 5.03. The summed E-state index contributed by atoms with van der Waals surface area (Å²) in [6.45, 7) is 2.76. The minimum atomic E-state index is -0.557. The van der Waals surface area contributed by atoms with E-state index in [0.717, 1.165) is 23.0 Å². The third kappa shape index (κ3) is 2.65. The number of rotatable bonds is 5. The van der Waals surface area contributed by atoms with E-state index in [0.29, 0.717) is 6.42 Å². The quantitative estimate of drug-likeness (QED) is 0.880. The molecule has 0 saturated heterocycles. The predicted octanol–water partition coefficient (Wildman–Crippen LogP) is 1.64. The van der Waals surface area contributed by atoms with E-state index < -0.39 is 6.10 Å². The third-order valence-corrected chi connectivity index (χ3v) is 3.54. The second-order valence-electron chi connectivity index (χ2n) is 3.60. The minimum absolute atomic E-state index is 0.470. The summed E-state index contributed by atoms with van der Waals surface area (Å²) in [5.41, 5.74) is 0. The predicted molar refractivity (Wildman–Crippen MR) is 65.2 cm³/mol. The molecule has 5 nitrogen and oxygen atoms in total. The topological polar surface area (TPSA) is 60.2 Å². The Morgan fingerprint density at radius 1 is 1.59 bits per heavy atom. The molecule has 1 atom stereocenters. The van der Waals surface area contributed by atoms with Crippen molar-refractivity contribution in [2.75, 3.05) is 7.11 Å². The van der Waals surface area contributed by atoms with Crippen LogP contribution in [0.2, 0.25) is 0 Å². The van der Waals surface area contributed by atoms with Gasteiger partial charge < -0.3 is 9.84 Å². The SMILES string of the molecule is CCn1ncnc1CC(O)c1cc(OC)cs1. The highest BCUT2D eigenvalue weighted by Gasteiger charge is 2.15. The summed E-state index contributed by atoms with van der Waals surface area (Å²) in [5.74, 6) is 1.58. The van der Waals surface area contributed by atoms with Crippen LogP contribution >= 0.6 is 11.3 Å². The van der Waals surface area contributed by atoms with Gasteiger partial charge >= 0.3 is 0 Å². The molecule has 0 amide bonds. The number of ether oxygens (including phenoxy) is 1. The zero-order valence-corrected chi connectivity index (χ0v) is 10.6. The lowest BCUT2D eigenvalue weighted by Crippen LogP contribution is -2.08. The van der Waals surface area contributed by atoms with Gasteiger partial charge in [-0.1, -0.05) is 0 Å². The lowest BCUT2D eigenvalue weighted by molar-refractivity contribution is 0.177. The van der Waals surface area contributed by atoms with E-state index in [-0.39, 0.29) is 0 Å². The van der Waals surface area contributed by atoms with E-state index in [2.05, 4.69) is 10.1 Å². The van der Waals surface area contributed by atoms with Crippen LogP contribution in [0, 0.1) is 0 Å². The van der Waals surface area contributed by atoms with Gasteiger partial charge in [-0.3, -0.25) is 4.68 Å². The van der Waals surface area contributed by atoms with Gasteiger partial charge in [-0.2, -0.15) is 5.10 Å². The number of thiophene rings is 1. The highest BCUT2D eigenvalue weighted by molar-refractivity contribution is 7.10. The Morgan fingerprint density at radius 3 is 3.06 bits per heavy atom. The van der Waals surface area contributed by atoms with Gasteiger partial charge in [-0.15, -0.1) is 11.3 Å². The molecule has 0 saturated carbocycles. The Balaban J connectivity index is 2.08. The molecule has 17 heavy (non-hydrogen) atoms. The zero-order chi connectivity index (χ0) is 12.3. The smallest absolute Gasteiger partial charge is 0.138 e. The summed E-state index contributed by atoms with van der Waals surface area (Å²) in [6, 6.07) is 1.85. The summed E-state index contributed by atoms with van der Waals surface area (Å²) in [6.07, 6.45) is 1.43. The van der Waals surface area contributed by atoms with Crippen LogP contribution in [-0.4, -0.2) is 27.0 Å². The van der Waals surface area contributed by atoms with Gasteiger partial charge in [-0.25, -0.2) is 4.98 Å². The molecular weight excluding hydrogens is 238 g/mol. The Labute approximate surface area is 104 Å². The lowest BCUT2D eigenvalue weighted by Gasteiger charge is -2.08. The molecule has 1 unspecified atom stereocenters. The molecule has 0 aromatic carbocycles. The van der Waals surface area contributed by atoms with Crippen LogP contribution in [0.1, 0.15) is 23.7 Å². The molecule has 2 aromatic heterocycles. The fraction of sp³-hybridized carbons (Fsp3) is 0.455. The molecule has 0 fully saturated rings. The number of aliphatic hydroxyl groups is 1. The van der Waals surface area contributed by atoms with Gasteiger partial charge in [0, 0.05) is 23.2 Å². The highest BCUT2D eigenvalue weighted by atomic mass is 32.1. The van der Waals surface area contributed by atoms with Crippen LogP contribution in [0.3, 0.4) is 0 Å². The van der Waals surface area contributed by atoms with Crippen molar-refractivity contribution in [3.8, 4) is 5.75 Å². The Morgan fingerprint density at radius 2 is 2.41 bits per heavy atom. The molecule has 1 N–H and O–H groups in total. The van der Waals surface area contributed by atoms with Crippen molar-refractivity contribution in [1.82, 2.24) is 14.8 Å². The van der Waals surface area contributed by atoms with Crippen molar-refractivity contribution in [3.05, 3.63) is 28.5 Å². The number of hydrogen-bond acceptors (Lipinski definition) is 5. The Kier molecular flexibility index (Phi) is 3.75. The van der Waals surface area contributed by atoms with Crippen molar-refractivity contribution in [1.29, 1.82) is 0 Å². The minimum Gasteiger partial charge on any atom is -0.496 e. The van der Waals surface area contributed by atoms with Gasteiger partial charge in [0.25, 0.3) is 0 Å². The fourth-order valence-corrected chi connectivity index (χ4v) is 2.44. The lowest BCUT2D eigenvalue weighted by atomic mass is 10.2. The van der Waals surface area contributed by atoms with Crippen LogP contribution in [0.4, 0.5) is 0 Å². The van der Waals surface area contributed by atoms with Gasteiger partial charge in [0.05, 0.1) is 13.2 Å². The molecule has 0 aliphatic carbocycles. The molecule has 0 bridgehead atoms. The van der Waals surface area contributed by atoms with Crippen molar-refractivity contribution >= 4 is 11.3 Å². The standard InChI is InChI=1S/C11H15N3O2S/c1-3-14-11(12-7-13-14)5-9(15)10-4-8(16-2)6-17-10/h4,6-7,9,15H,3,5H2,1-2H3. The molecule has 2 heterocycles. The first-order valence-corrected chi connectivity index (χ1v) is 6.29. The van der Waals surface area contributed by atoms with Crippen LogP contribution in [0.5, 0.6) is 5.75 Å². The number of aromatic nitrogens is 3. The van der Waals surface area contributed by atoms with Crippen LogP contribution < -0.4 is 4.74 Å². The first kappa shape index (κ1) is 12.1. The number of methoxy groups -OCH3 is 1. The molecule has 6 heteroatoms. The number of aliphatic hydroxyl groups excluding tert-OH is 1. The summed E-state index contributed by atoms with van der Waals surface area (Å²) in [5, 5.41) is 16.0. The molecule has 0 radical (unpaired) electrons. The molecular formula is C11H15N3O2S. The molecule has 2 aromatic rings. The van der Waals surface area contributed by atoms with Crippen LogP contribution in [0.15, 0.2) is 17.8 Å². The zero-order valence-electron chi connectivity index (χ0n) is 9.83. The molecule has 2 rings (SSSR count). The molecule has 0 spiro atoms. The van der Waals surface area contributed by atoms with E-state index in [1.54, 1.807) is 11.8 Å². The largest absolute Gasteiger partial charge is 0.496 e. The number of hydrogen-bond donors (Lipinski definition) is 1. The molecule has 0 aliphatic rings. The second kappa shape index (κ2) is 5.29. The van der Waals surface area contributed by atoms with E-state index in [9.17, 15) is 5.11 Å². The van der Waals surface area contributed by atoms with Crippen LogP contribution in [0.25, 0.3) is 0 Å². The summed E-state index contributed by atoms with van der Waals surface area (Å²) in [7, 11) is 1.62. The maximum atomic E-state index is 10.1. The Bertz CT molecular complexity index is 481. The average Bonchev–Trinajstić information content (AvgIpc) is 2.96. The highest BCUT2D eigenvalue weighted by Crippen LogP contribution is 2.28. The van der Waals surface area contributed by atoms with Crippen LogP contribution in [-0.2, 0) is 13.0 Å². The summed E-state index contributed by atoms with van der Waals surface area (Å²) < 4.78 is 6.88. The van der Waals surface area contributed by atoms with E-state index >= 15 is 0 Å². The maximum Gasteiger partial charge on any atom is 0.138 e. The van der Waals surface area contributed by atoms with E-state index in [1.807, 2.05) is 18.4 Å². The van der Waals surface area contributed by atoms with Crippen molar-refractivity contribution in [3.63, 3.8) is 0 Å². The first-order valence-electron chi connectivity index (χ1n) is 5.41. The van der Waals surface area contributed by atoms with Gasteiger partial charge in [0.2, 0.25) is 0 Å². The fourth-order valence-electron chi connectivity index (χ4n) is 1.60. The average molecular weight is 253 g/mol. The van der Waals surface area contributed by atoms with Gasteiger partial charge in [0.15, 0.2) is 0 Å². The van der Waals surface area contributed by atoms with Crippen molar-refractivity contribution in [2.45, 2.75) is 26.0 Å². The normalized spacial score (nSPS) is 12.6. The second-order valence-corrected chi connectivity index (χ2v) is 4.54. The van der Waals surface area contributed by atoms with Crippen molar-refractivity contribution in [2.24, 2.45) is 0 Å². The number of aryl methyl sites for hydroxylation is 1. The van der Waals surface area contributed by atoms with E-state index in [4.69, 9.17) is 4.74 Å². The summed E-state index contributed by atoms with van der Waals surface area (Å²) >= 11 is 1.49. The molecule has 92 valence electrons. The number of nitrogens with zero attached hydrogens (tertiary/aromatic N) is 3.